The molecular formula is C22H29N5O2. The van der Waals surface area contributed by atoms with Crippen molar-refractivity contribution in [2.75, 3.05) is 43.6 Å². The molecule has 2 aliphatic heterocycles. The lowest BCUT2D eigenvalue weighted by Gasteiger charge is -2.30. The third-order valence-corrected chi connectivity index (χ3v) is 5.85. The maximum atomic E-state index is 12.9. The van der Waals surface area contributed by atoms with Crippen LogP contribution >= 0.6 is 0 Å². The molecular weight excluding hydrogens is 366 g/mol. The highest BCUT2D eigenvalue weighted by molar-refractivity contribution is 5.77. The van der Waals surface area contributed by atoms with Crippen LogP contribution < -0.4 is 9.80 Å². The summed E-state index contributed by atoms with van der Waals surface area (Å²) in [6.07, 6.45) is 0.429. The van der Waals surface area contributed by atoms with Crippen molar-refractivity contribution in [1.29, 1.82) is 0 Å². The van der Waals surface area contributed by atoms with Crippen LogP contribution in [0.2, 0.25) is 0 Å². The Morgan fingerprint density at radius 3 is 2.62 bits per heavy atom. The molecule has 2 aliphatic rings. The predicted molar refractivity (Wildman–Crippen MR) is 113 cm³/mol. The summed E-state index contributed by atoms with van der Waals surface area (Å²) in [6, 6.07) is 10.2. The minimum atomic E-state index is -0.0114. The van der Waals surface area contributed by atoms with E-state index in [-0.39, 0.29) is 18.1 Å². The van der Waals surface area contributed by atoms with Gasteiger partial charge in [-0.05, 0) is 19.4 Å². The van der Waals surface area contributed by atoms with E-state index in [0.717, 1.165) is 29.2 Å². The minimum Gasteiger partial charge on any atom is -0.374 e. The van der Waals surface area contributed by atoms with Gasteiger partial charge in [-0.25, -0.2) is 4.98 Å². The van der Waals surface area contributed by atoms with Crippen LogP contribution in [-0.4, -0.2) is 66.7 Å². The number of fused-ring (bicyclic) bond motifs is 1. The van der Waals surface area contributed by atoms with E-state index in [1.807, 2.05) is 49.0 Å². The first-order chi connectivity index (χ1) is 13.9. The predicted octanol–water partition coefficient (Wildman–Crippen LogP) is 2.17. The quantitative estimate of drug-likeness (QED) is 0.791. The molecule has 0 saturated carbocycles. The molecule has 1 aromatic carbocycles. The summed E-state index contributed by atoms with van der Waals surface area (Å²) in [4.78, 5) is 28.4. The molecule has 0 aliphatic carbocycles. The second-order valence-corrected chi connectivity index (χ2v) is 8.09. The van der Waals surface area contributed by atoms with Gasteiger partial charge in [-0.2, -0.15) is 4.98 Å². The van der Waals surface area contributed by atoms with E-state index in [2.05, 4.69) is 28.9 Å². The smallest absolute Gasteiger partial charge is 0.227 e. The average molecular weight is 396 g/mol. The van der Waals surface area contributed by atoms with E-state index < -0.39 is 0 Å². The van der Waals surface area contributed by atoms with Gasteiger partial charge in [-0.3, -0.25) is 4.79 Å². The van der Waals surface area contributed by atoms with Crippen LogP contribution in [0.4, 0.5) is 11.8 Å². The Balaban J connectivity index is 1.63. The number of ether oxygens (including phenoxy) is 1. The normalized spacial score (nSPS) is 21.9. The summed E-state index contributed by atoms with van der Waals surface area (Å²) < 4.78 is 6.11. The maximum Gasteiger partial charge on any atom is 0.227 e. The number of hydrogen-bond acceptors (Lipinski definition) is 6. The fourth-order valence-electron chi connectivity index (χ4n) is 4.11. The number of benzene rings is 1. The highest BCUT2D eigenvalue weighted by Crippen LogP contribution is 2.31. The van der Waals surface area contributed by atoms with Crippen molar-refractivity contribution in [3.05, 3.63) is 47.2 Å². The second-order valence-electron chi connectivity index (χ2n) is 8.09. The number of aryl methyl sites for hydroxylation is 1. The van der Waals surface area contributed by atoms with Crippen molar-refractivity contribution >= 4 is 17.7 Å². The van der Waals surface area contributed by atoms with Gasteiger partial charge >= 0.3 is 0 Å². The Hall–Kier alpha value is -2.67. The fourth-order valence-corrected chi connectivity index (χ4v) is 4.11. The molecule has 7 nitrogen and oxygen atoms in total. The van der Waals surface area contributed by atoms with Gasteiger partial charge in [-0.1, -0.05) is 30.3 Å². The molecule has 1 amide bonds. The zero-order chi connectivity index (χ0) is 20.5. The first-order valence-electron chi connectivity index (χ1n) is 10.2. The topological polar surface area (TPSA) is 61.8 Å². The van der Waals surface area contributed by atoms with Gasteiger partial charge in [0.2, 0.25) is 11.9 Å². The van der Waals surface area contributed by atoms with Gasteiger partial charge in [0.25, 0.3) is 0 Å². The molecule has 0 unspecified atom stereocenters. The summed E-state index contributed by atoms with van der Waals surface area (Å²) in [5, 5.41) is 0. The van der Waals surface area contributed by atoms with Gasteiger partial charge in [-0.15, -0.1) is 0 Å². The Bertz CT molecular complexity index is 886. The van der Waals surface area contributed by atoms with E-state index in [1.54, 1.807) is 0 Å². The Kier molecular flexibility index (Phi) is 5.41. The van der Waals surface area contributed by atoms with Crippen LogP contribution in [-0.2, 0) is 16.1 Å². The molecule has 2 atom stereocenters. The summed E-state index contributed by atoms with van der Waals surface area (Å²) in [6.45, 7) is 6.61. The first-order valence-corrected chi connectivity index (χ1v) is 10.2. The summed E-state index contributed by atoms with van der Waals surface area (Å²) >= 11 is 0. The second kappa shape index (κ2) is 7.99. The number of aromatic nitrogens is 2. The number of rotatable bonds is 4. The Morgan fingerprint density at radius 2 is 1.90 bits per heavy atom. The highest BCUT2D eigenvalue weighted by Gasteiger charge is 2.42. The molecule has 29 heavy (non-hydrogen) atoms. The van der Waals surface area contributed by atoms with Gasteiger partial charge in [0, 0.05) is 45.0 Å². The molecule has 0 bridgehead atoms. The molecule has 2 saturated heterocycles. The van der Waals surface area contributed by atoms with Crippen LogP contribution in [0, 0.1) is 13.8 Å². The molecule has 0 radical (unpaired) electrons. The molecule has 2 fully saturated rings. The molecule has 2 aromatic rings. The molecule has 7 heteroatoms. The highest BCUT2D eigenvalue weighted by atomic mass is 16.5. The summed E-state index contributed by atoms with van der Waals surface area (Å²) in [5.41, 5.74) is 3.20. The fraction of sp³-hybridized carbons (Fsp3) is 0.500. The molecule has 154 valence electrons. The molecule has 0 spiro atoms. The van der Waals surface area contributed by atoms with E-state index in [4.69, 9.17) is 9.72 Å². The lowest BCUT2D eigenvalue weighted by molar-refractivity contribution is -0.133. The van der Waals surface area contributed by atoms with Crippen LogP contribution in [0.25, 0.3) is 0 Å². The van der Waals surface area contributed by atoms with Crippen molar-refractivity contribution in [3.63, 3.8) is 0 Å². The average Bonchev–Trinajstić information content (AvgIpc) is 3.06. The number of amides is 1. The molecule has 0 N–H and O–H groups in total. The summed E-state index contributed by atoms with van der Waals surface area (Å²) in [5.74, 6) is 1.80. The Labute approximate surface area is 172 Å². The van der Waals surface area contributed by atoms with Gasteiger partial charge in [0.05, 0.1) is 25.2 Å². The minimum absolute atomic E-state index is 0.0114. The van der Waals surface area contributed by atoms with Crippen LogP contribution in [0.5, 0.6) is 0 Å². The van der Waals surface area contributed by atoms with E-state index >= 15 is 0 Å². The Morgan fingerprint density at radius 1 is 1.14 bits per heavy atom. The number of carbonyl (C=O) groups excluding carboxylic acids is 1. The van der Waals surface area contributed by atoms with Crippen molar-refractivity contribution in [3.8, 4) is 0 Å². The monoisotopic (exact) mass is 395 g/mol. The number of carbonyl (C=O) groups is 1. The maximum absolute atomic E-state index is 12.9. The molecule has 1 aromatic heterocycles. The van der Waals surface area contributed by atoms with Crippen molar-refractivity contribution in [2.45, 2.75) is 39.0 Å². The number of nitrogens with zero attached hydrogens (tertiary/aromatic N) is 5. The zero-order valence-electron chi connectivity index (χ0n) is 17.6. The van der Waals surface area contributed by atoms with Crippen molar-refractivity contribution < 1.29 is 9.53 Å². The standard InChI is InChI=1S/C22H29N5O2/c1-15-16(2)23-22(25(3)4)24-21(15)26-13-18-19(14-26)29-11-10-20(28)27(18)12-17-8-6-5-7-9-17/h5-9,18-19H,10-14H2,1-4H3/t18-,19-/m0/s1. The van der Waals surface area contributed by atoms with E-state index in [1.165, 1.54) is 0 Å². The van der Waals surface area contributed by atoms with Crippen LogP contribution in [0.3, 0.4) is 0 Å². The van der Waals surface area contributed by atoms with Crippen molar-refractivity contribution in [2.24, 2.45) is 0 Å². The number of anilines is 2. The summed E-state index contributed by atoms with van der Waals surface area (Å²) in [7, 11) is 3.90. The van der Waals surface area contributed by atoms with E-state index in [9.17, 15) is 4.79 Å². The van der Waals surface area contributed by atoms with Gasteiger partial charge in [0.15, 0.2) is 0 Å². The van der Waals surface area contributed by atoms with Crippen LogP contribution in [0.15, 0.2) is 30.3 Å². The van der Waals surface area contributed by atoms with Gasteiger partial charge in [0.1, 0.15) is 5.82 Å². The first kappa shape index (κ1) is 19.6. The van der Waals surface area contributed by atoms with E-state index in [0.29, 0.717) is 32.1 Å². The van der Waals surface area contributed by atoms with Crippen LogP contribution in [0.1, 0.15) is 23.2 Å². The zero-order valence-corrected chi connectivity index (χ0v) is 17.6. The van der Waals surface area contributed by atoms with Crippen molar-refractivity contribution in [1.82, 2.24) is 14.9 Å². The third kappa shape index (κ3) is 3.92. The molecule has 4 rings (SSSR count). The van der Waals surface area contributed by atoms with Gasteiger partial charge < -0.3 is 19.4 Å². The largest absolute Gasteiger partial charge is 0.374 e. The SMILES string of the molecule is Cc1nc(N(C)C)nc(N2C[C@@H]3OCCC(=O)N(Cc4ccccc4)[C@H]3C2)c1C. The number of hydrogen-bond donors (Lipinski definition) is 0. The lowest BCUT2D eigenvalue weighted by atomic mass is 10.1. The lowest BCUT2D eigenvalue weighted by Crippen LogP contribution is -2.45. The third-order valence-electron chi connectivity index (χ3n) is 5.85. The molecule has 3 heterocycles.